The Labute approximate surface area is 214 Å². The molecule has 184 valence electrons. The molecule has 0 spiro atoms. The van der Waals surface area contributed by atoms with E-state index in [1.54, 1.807) is 30.3 Å². The highest BCUT2D eigenvalue weighted by Crippen LogP contribution is 2.41. The number of carbonyl (C=O) groups excluding carboxylic acids is 2. The highest BCUT2D eigenvalue weighted by molar-refractivity contribution is 6.42. The number of fused-ring (bicyclic) bond motifs is 1. The monoisotopic (exact) mass is 514 g/mol. The molecule has 1 N–H and O–H groups in total. The van der Waals surface area contributed by atoms with Gasteiger partial charge in [0.2, 0.25) is 5.78 Å². The molecule has 0 saturated heterocycles. The molecule has 2 aromatic carbocycles. The number of amides is 1. The zero-order valence-corrected chi connectivity index (χ0v) is 21.5. The summed E-state index contributed by atoms with van der Waals surface area (Å²) in [5.74, 6) is -1.62. The molecule has 8 heteroatoms. The molecule has 2 heterocycles. The lowest BCUT2D eigenvalue weighted by Gasteiger charge is -2.28. The first-order chi connectivity index (χ1) is 16.7. The van der Waals surface area contributed by atoms with E-state index in [0.29, 0.717) is 34.2 Å². The number of ketones is 1. The number of rotatable bonds is 9. The van der Waals surface area contributed by atoms with Crippen molar-refractivity contribution in [3.63, 3.8) is 0 Å². The number of carbonyl (C=O) groups is 2. The van der Waals surface area contributed by atoms with Crippen LogP contribution in [0.5, 0.6) is 0 Å². The predicted molar refractivity (Wildman–Crippen MR) is 138 cm³/mol. The lowest BCUT2D eigenvalue weighted by Crippen LogP contribution is -2.34. The molecule has 1 atom stereocenters. The second-order valence-corrected chi connectivity index (χ2v) is 9.51. The number of hydrogen-bond acceptors (Lipinski definition) is 5. The molecule has 1 aliphatic rings. The van der Waals surface area contributed by atoms with Crippen LogP contribution in [0.1, 0.15) is 48.0 Å². The van der Waals surface area contributed by atoms with Crippen LogP contribution < -0.4 is 0 Å². The van der Waals surface area contributed by atoms with E-state index in [9.17, 15) is 14.7 Å². The number of furan rings is 1. The van der Waals surface area contributed by atoms with Crippen LogP contribution >= 0.6 is 23.2 Å². The first-order valence-electron chi connectivity index (χ1n) is 11.7. The van der Waals surface area contributed by atoms with E-state index in [1.165, 1.54) is 4.90 Å². The Hall–Kier alpha value is -2.80. The number of aliphatic hydroxyl groups excluding tert-OH is 1. The molecule has 1 aliphatic heterocycles. The third-order valence-corrected chi connectivity index (χ3v) is 7.21. The molecule has 6 nitrogen and oxygen atoms in total. The lowest BCUT2D eigenvalue weighted by atomic mass is 9.95. The number of hydrogen-bond donors (Lipinski definition) is 1. The van der Waals surface area contributed by atoms with E-state index in [-0.39, 0.29) is 11.3 Å². The number of benzene rings is 2. The van der Waals surface area contributed by atoms with E-state index in [2.05, 4.69) is 18.7 Å². The van der Waals surface area contributed by atoms with Crippen LogP contribution in [-0.2, 0) is 4.79 Å². The van der Waals surface area contributed by atoms with Gasteiger partial charge in [-0.05, 0) is 68.9 Å². The predicted octanol–water partition coefficient (Wildman–Crippen LogP) is 6.36. The molecule has 3 aromatic rings. The van der Waals surface area contributed by atoms with Crippen LogP contribution in [0.15, 0.2) is 58.2 Å². The number of aryl methyl sites for hydroxylation is 1. The molecule has 0 bridgehead atoms. The van der Waals surface area contributed by atoms with Crippen molar-refractivity contribution in [2.75, 3.05) is 26.2 Å². The molecule has 0 aliphatic carbocycles. The van der Waals surface area contributed by atoms with Crippen LogP contribution in [0.25, 0.3) is 11.0 Å². The second kappa shape index (κ2) is 10.4. The first kappa shape index (κ1) is 25.3. The molecule has 1 amide bonds. The topological polar surface area (TPSA) is 74.0 Å². The lowest BCUT2D eigenvalue weighted by molar-refractivity contribution is -0.129. The Bertz CT molecular complexity index is 1310. The summed E-state index contributed by atoms with van der Waals surface area (Å²) >= 11 is 12.4. The zero-order chi connectivity index (χ0) is 25.3. The van der Waals surface area contributed by atoms with Crippen LogP contribution in [0.2, 0.25) is 10.0 Å². The maximum atomic E-state index is 13.7. The minimum atomic E-state index is -0.809. The maximum absolute atomic E-state index is 13.7. The summed E-state index contributed by atoms with van der Waals surface area (Å²) in [4.78, 5) is 30.6. The zero-order valence-electron chi connectivity index (χ0n) is 20.0. The summed E-state index contributed by atoms with van der Waals surface area (Å²) < 4.78 is 5.81. The van der Waals surface area contributed by atoms with Crippen LogP contribution in [0.4, 0.5) is 0 Å². The molecule has 0 saturated carbocycles. The van der Waals surface area contributed by atoms with Crippen molar-refractivity contribution < 1.29 is 19.1 Å². The number of nitrogens with zero attached hydrogens (tertiary/aromatic N) is 2. The third kappa shape index (κ3) is 4.96. The van der Waals surface area contributed by atoms with Gasteiger partial charge in [0.15, 0.2) is 11.5 Å². The fraction of sp³-hybridized carbons (Fsp3) is 0.333. The molecular weight excluding hydrogens is 487 g/mol. The van der Waals surface area contributed by atoms with E-state index in [0.717, 1.165) is 30.6 Å². The quantitative estimate of drug-likeness (QED) is 0.336. The summed E-state index contributed by atoms with van der Waals surface area (Å²) in [5.41, 5.74) is 2.16. The Morgan fingerprint density at radius 3 is 2.51 bits per heavy atom. The minimum Gasteiger partial charge on any atom is -0.503 e. The Morgan fingerprint density at radius 2 is 1.83 bits per heavy atom. The molecule has 0 fully saturated rings. The van der Waals surface area contributed by atoms with Gasteiger partial charge in [-0.15, -0.1) is 0 Å². The van der Waals surface area contributed by atoms with Gasteiger partial charge in [0.25, 0.3) is 5.91 Å². The van der Waals surface area contributed by atoms with Gasteiger partial charge in [0, 0.05) is 11.9 Å². The number of aliphatic hydroxyl groups is 1. The van der Waals surface area contributed by atoms with Gasteiger partial charge in [-0.2, -0.15) is 0 Å². The van der Waals surface area contributed by atoms with E-state index in [4.69, 9.17) is 27.6 Å². The van der Waals surface area contributed by atoms with Gasteiger partial charge in [0.05, 0.1) is 21.7 Å². The van der Waals surface area contributed by atoms with Crippen molar-refractivity contribution >= 4 is 45.9 Å². The summed E-state index contributed by atoms with van der Waals surface area (Å²) in [7, 11) is 0. The van der Waals surface area contributed by atoms with Crippen LogP contribution in [-0.4, -0.2) is 52.8 Å². The van der Waals surface area contributed by atoms with Crippen molar-refractivity contribution in [1.82, 2.24) is 9.80 Å². The van der Waals surface area contributed by atoms with Gasteiger partial charge < -0.3 is 19.3 Å². The number of halogens is 2. The van der Waals surface area contributed by atoms with E-state index < -0.39 is 23.5 Å². The highest BCUT2D eigenvalue weighted by atomic mass is 35.5. The van der Waals surface area contributed by atoms with Crippen molar-refractivity contribution in [3.8, 4) is 0 Å². The van der Waals surface area contributed by atoms with Gasteiger partial charge in [-0.1, -0.05) is 54.7 Å². The Morgan fingerprint density at radius 1 is 1.09 bits per heavy atom. The fourth-order valence-corrected chi connectivity index (χ4v) is 4.86. The van der Waals surface area contributed by atoms with Gasteiger partial charge in [-0.3, -0.25) is 9.59 Å². The van der Waals surface area contributed by atoms with Crippen LogP contribution in [0.3, 0.4) is 0 Å². The Kier molecular flexibility index (Phi) is 7.55. The third-order valence-electron chi connectivity index (χ3n) is 6.47. The average molecular weight is 515 g/mol. The summed E-state index contributed by atoms with van der Waals surface area (Å²) in [5, 5.41) is 12.3. The summed E-state index contributed by atoms with van der Waals surface area (Å²) in [6.07, 6.45) is 0.684. The van der Waals surface area contributed by atoms with Crippen molar-refractivity contribution in [2.24, 2.45) is 0 Å². The largest absolute Gasteiger partial charge is 0.503 e. The SMILES string of the molecule is CCN(CC)CCCN1C(=O)C(O)=C(C(=O)c2cc3cc(C)ccc3o2)C1c1ccc(Cl)c(Cl)c1. The number of Topliss-reactive ketones (excluding diaryl/α,β-unsaturated/α-hetero) is 1. The van der Waals surface area contributed by atoms with Gasteiger partial charge in [0.1, 0.15) is 5.58 Å². The summed E-state index contributed by atoms with van der Waals surface area (Å²) in [6, 6.07) is 11.4. The van der Waals surface area contributed by atoms with E-state index in [1.807, 2.05) is 19.1 Å². The smallest absolute Gasteiger partial charge is 0.290 e. The molecule has 4 rings (SSSR count). The first-order valence-corrected chi connectivity index (χ1v) is 12.5. The molecule has 1 aromatic heterocycles. The minimum absolute atomic E-state index is 0.0213. The summed E-state index contributed by atoms with van der Waals surface area (Å²) in [6.45, 7) is 9.08. The molecule has 0 radical (unpaired) electrons. The highest BCUT2D eigenvalue weighted by Gasteiger charge is 2.44. The molecular formula is C27H28Cl2N2O4. The Balaban J connectivity index is 1.73. The average Bonchev–Trinajstić information content (AvgIpc) is 3.37. The van der Waals surface area contributed by atoms with Crippen LogP contribution in [0, 0.1) is 6.92 Å². The van der Waals surface area contributed by atoms with E-state index >= 15 is 0 Å². The maximum Gasteiger partial charge on any atom is 0.290 e. The van der Waals surface area contributed by atoms with Gasteiger partial charge in [-0.25, -0.2) is 0 Å². The fourth-order valence-electron chi connectivity index (χ4n) is 4.56. The van der Waals surface area contributed by atoms with Crippen molar-refractivity contribution in [3.05, 3.63) is 80.7 Å². The molecule has 35 heavy (non-hydrogen) atoms. The second-order valence-electron chi connectivity index (χ2n) is 8.70. The van der Waals surface area contributed by atoms with Crippen molar-refractivity contribution in [2.45, 2.75) is 33.2 Å². The molecule has 1 unspecified atom stereocenters. The standard InChI is InChI=1S/C27H28Cl2N2O4/c1-4-30(5-2)11-6-12-31-24(17-8-9-19(28)20(29)14-17)23(26(33)27(31)34)25(32)22-15-18-13-16(3)7-10-21(18)35-22/h7-10,13-15,24,33H,4-6,11-12H2,1-3H3. The van der Waals surface area contributed by atoms with Gasteiger partial charge >= 0.3 is 0 Å². The van der Waals surface area contributed by atoms with Crippen molar-refractivity contribution in [1.29, 1.82) is 0 Å². The normalized spacial score (nSPS) is 16.2.